The first-order valence-corrected chi connectivity index (χ1v) is 9.93. The van der Waals surface area contributed by atoms with E-state index in [0.29, 0.717) is 39.0 Å². The molecule has 2 saturated heterocycles. The lowest BCUT2D eigenvalue weighted by molar-refractivity contribution is 0.00290. The van der Waals surface area contributed by atoms with Crippen LogP contribution in [0.2, 0.25) is 0 Å². The highest BCUT2D eigenvalue weighted by Gasteiger charge is 2.47. The van der Waals surface area contributed by atoms with E-state index < -0.39 is 5.60 Å². The van der Waals surface area contributed by atoms with E-state index in [1.54, 1.807) is 15.9 Å². The molecule has 2 aromatic rings. The molecule has 0 unspecified atom stereocenters. The van der Waals surface area contributed by atoms with Crippen LogP contribution in [-0.2, 0) is 4.74 Å². The van der Waals surface area contributed by atoms with Crippen LogP contribution >= 0.6 is 0 Å². The van der Waals surface area contributed by atoms with Crippen LogP contribution in [0.15, 0.2) is 48.7 Å². The fourth-order valence-corrected chi connectivity index (χ4v) is 4.14. The Morgan fingerprint density at radius 2 is 1.93 bits per heavy atom. The number of aromatic nitrogens is 1. The van der Waals surface area contributed by atoms with Gasteiger partial charge in [-0.25, -0.2) is 9.78 Å². The summed E-state index contributed by atoms with van der Waals surface area (Å²) < 4.78 is 5.78. The van der Waals surface area contributed by atoms with E-state index in [1.165, 1.54) is 17.8 Å². The van der Waals surface area contributed by atoms with E-state index in [-0.39, 0.29) is 29.4 Å². The Kier molecular flexibility index (Phi) is 5.13. The molecule has 3 heterocycles. The Hall–Kier alpha value is -3.09. The summed E-state index contributed by atoms with van der Waals surface area (Å²) in [5.74, 6) is -0.198. The SMILES string of the molecule is C[C@@H](CN1CC2(CCN(C(=O)c3ncccc3O)CC2)OC1=O)c1ccccc1. The van der Waals surface area contributed by atoms with Crippen LogP contribution in [-0.4, -0.2) is 63.7 Å². The molecular formula is C22H25N3O4. The Morgan fingerprint density at radius 3 is 2.62 bits per heavy atom. The fraction of sp³-hybridized carbons (Fsp3) is 0.409. The van der Waals surface area contributed by atoms with Gasteiger partial charge >= 0.3 is 6.09 Å². The van der Waals surface area contributed by atoms with Crippen LogP contribution in [0.3, 0.4) is 0 Å². The molecule has 2 aliphatic rings. The number of hydrogen-bond acceptors (Lipinski definition) is 5. The quantitative estimate of drug-likeness (QED) is 0.860. The van der Waals surface area contributed by atoms with Crippen molar-refractivity contribution in [3.8, 4) is 5.75 Å². The molecule has 1 spiro atoms. The molecule has 2 amide bonds. The normalized spacial score (nSPS) is 19.3. The number of nitrogens with zero attached hydrogens (tertiary/aromatic N) is 3. The maximum atomic E-state index is 12.6. The number of benzene rings is 1. The summed E-state index contributed by atoms with van der Waals surface area (Å²) in [4.78, 5) is 32.6. The highest BCUT2D eigenvalue weighted by Crippen LogP contribution is 2.35. The first-order chi connectivity index (χ1) is 14.0. The Balaban J connectivity index is 1.37. The molecule has 152 valence electrons. The molecule has 2 fully saturated rings. The van der Waals surface area contributed by atoms with E-state index in [1.807, 2.05) is 18.2 Å². The minimum Gasteiger partial charge on any atom is -0.505 e. The van der Waals surface area contributed by atoms with Crippen LogP contribution in [0.5, 0.6) is 5.75 Å². The Morgan fingerprint density at radius 1 is 1.21 bits per heavy atom. The van der Waals surface area contributed by atoms with Gasteiger partial charge in [0.25, 0.3) is 5.91 Å². The lowest BCUT2D eigenvalue weighted by Gasteiger charge is -2.37. The van der Waals surface area contributed by atoms with Gasteiger partial charge < -0.3 is 19.6 Å². The molecule has 0 radical (unpaired) electrons. The van der Waals surface area contributed by atoms with E-state index in [0.717, 1.165) is 0 Å². The Bertz CT molecular complexity index is 894. The number of carbonyl (C=O) groups is 2. The summed E-state index contributed by atoms with van der Waals surface area (Å²) in [6, 6.07) is 13.2. The van der Waals surface area contributed by atoms with Gasteiger partial charge in [0.15, 0.2) is 5.69 Å². The zero-order valence-electron chi connectivity index (χ0n) is 16.5. The second-order valence-corrected chi connectivity index (χ2v) is 7.91. The van der Waals surface area contributed by atoms with Crippen LogP contribution in [0.4, 0.5) is 4.79 Å². The van der Waals surface area contributed by atoms with Crippen molar-refractivity contribution in [3.63, 3.8) is 0 Å². The third kappa shape index (κ3) is 3.90. The molecule has 0 saturated carbocycles. The zero-order valence-corrected chi connectivity index (χ0v) is 16.5. The van der Waals surface area contributed by atoms with Gasteiger partial charge in [-0.05, 0) is 23.6 Å². The van der Waals surface area contributed by atoms with Crippen molar-refractivity contribution in [2.24, 2.45) is 0 Å². The molecule has 0 bridgehead atoms. The van der Waals surface area contributed by atoms with Crippen molar-refractivity contribution in [2.45, 2.75) is 31.3 Å². The van der Waals surface area contributed by atoms with Gasteiger partial charge in [0, 0.05) is 38.7 Å². The van der Waals surface area contributed by atoms with Crippen LogP contribution < -0.4 is 0 Å². The summed E-state index contributed by atoms with van der Waals surface area (Å²) in [5, 5.41) is 9.88. The lowest BCUT2D eigenvalue weighted by atomic mass is 9.90. The van der Waals surface area contributed by atoms with Crippen molar-refractivity contribution in [3.05, 3.63) is 59.9 Å². The largest absolute Gasteiger partial charge is 0.505 e. The molecule has 1 aromatic carbocycles. The second-order valence-electron chi connectivity index (χ2n) is 7.91. The molecule has 4 rings (SSSR count). The lowest BCUT2D eigenvalue weighted by Crippen LogP contribution is -2.49. The molecule has 7 heteroatoms. The number of hydrogen-bond donors (Lipinski definition) is 1. The number of likely N-dealkylation sites (tertiary alicyclic amines) is 1. The van der Waals surface area contributed by atoms with Gasteiger partial charge in [-0.2, -0.15) is 0 Å². The van der Waals surface area contributed by atoms with Crippen molar-refractivity contribution >= 4 is 12.0 Å². The van der Waals surface area contributed by atoms with E-state index in [9.17, 15) is 14.7 Å². The molecule has 29 heavy (non-hydrogen) atoms. The molecular weight excluding hydrogens is 370 g/mol. The smallest absolute Gasteiger partial charge is 0.410 e. The predicted molar refractivity (Wildman–Crippen MR) is 107 cm³/mol. The van der Waals surface area contributed by atoms with Crippen molar-refractivity contribution < 1.29 is 19.4 Å². The topological polar surface area (TPSA) is 83.0 Å². The fourth-order valence-electron chi connectivity index (χ4n) is 4.14. The maximum absolute atomic E-state index is 12.6. The zero-order chi connectivity index (χ0) is 20.4. The highest BCUT2D eigenvalue weighted by atomic mass is 16.6. The standard InChI is InChI=1S/C22H25N3O4/c1-16(17-6-3-2-4-7-17)14-25-15-22(29-21(25)28)9-12-24(13-10-22)20(27)19-18(26)8-5-11-23-19/h2-8,11,16,26H,9-10,12-15H2,1H3/t16-/m0/s1. The van der Waals surface area contributed by atoms with E-state index in [4.69, 9.17) is 4.74 Å². The van der Waals surface area contributed by atoms with E-state index in [2.05, 4.69) is 24.0 Å². The molecule has 1 aromatic heterocycles. The van der Waals surface area contributed by atoms with Gasteiger partial charge in [0.2, 0.25) is 0 Å². The van der Waals surface area contributed by atoms with Gasteiger partial charge in [-0.3, -0.25) is 4.79 Å². The molecule has 0 aliphatic carbocycles. The third-order valence-corrected chi connectivity index (χ3v) is 5.85. The summed E-state index contributed by atoms with van der Waals surface area (Å²) in [7, 11) is 0. The van der Waals surface area contributed by atoms with Gasteiger partial charge in [0.05, 0.1) is 6.54 Å². The third-order valence-electron chi connectivity index (χ3n) is 5.85. The molecule has 7 nitrogen and oxygen atoms in total. The first kappa shape index (κ1) is 19.2. The van der Waals surface area contributed by atoms with Gasteiger partial charge in [0.1, 0.15) is 11.4 Å². The minimum atomic E-state index is -0.545. The van der Waals surface area contributed by atoms with Crippen molar-refractivity contribution in [2.75, 3.05) is 26.2 Å². The average molecular weight is 395 g/mol. The number of piperidine rings is 1. The molecule has 2 aliphatic heterocycles. The van der Waals surface area contributed by atoms with Gasteiger partial charge in [-0.1, -0.05) is 37.3 Å². The number of ether oxygens (including phenoxy) is 1. The number of amides is 2. The minimum absolute atomic E-state index is 0.0604. The number of aromatic hydroxyl groups is 1. The summed E-state index contributed by atoms with van der Waals surface area (Å²) in [5.41, 5.74) is 0.707. The van der Waals surface area contributed by atoms with Gasteiger partial charge in [-0.15, -0.1) is 0 Å². The second kappa shape index (κ2) is 7.73. The van der Waals surface area contributed by atoms with E-state index >= 15 is 0 Å². The summed E-state index contributed by atoms with van der Waals surface area (Å²) in [6.45, 7) is 4.18. The van der Waals surface area contributed by atoms with Crippen LogP contribution in [0.25, 0.3) is 0 Å². The van der Waals surface area contributed by atoms with Crippen LogP contribution in [0.1, 0.15) is 41.7 Å². The number of pyridine rings is 1. The first-order valence-electron chi connectivity index (χ1n) is 9.93. The maximum Gasteiger partial charge on any atom is 0.410 e. The summed E-state index contributed by atoms with van der Waals surface area (Å²) in [6.07, 6.45) is 2.36. The Labute approximate surface area is 169 Å². The predicted octanol–water partition coefficient (Wildman–Crippen LogP) is 3.02. The van der Waals surface area contributed by atoms with Crippen molar-refractivity contribution in [1.82, 2.24) is 14.8 Å². The molecule has 1 N–H and O–H groups in total. The van der Waals surface area contributed by atoms with Crippen LogP contribution in [0, 0.1) is 0 Å². The highest BCUT2D eigenvalue weighted by molar-refractivity contribution is 5.94. The number of carbonyl (C=O) groups excluding carboxylic acids is 2. The molecule has 1 atom stereocenters. The average Bonchev–Trinajstić information content (AvgIpc) is 3.03. The number of rotatable bonds is 4. The monoisotopic (exact) mass is 395 g/mol. The summed E-state index contributed by atoms with van der Waals surface area (Å²) >= 11 is 0. The van der Waals surface area contributed by atoms with Crippen molar-refractivity contribution in [1.29, 1.82) is 0 Å².